The molecule has 1 saturated heterocycles. The van der Waals surface area contributed by atoms with Gasteiger partial charge in [-0.1, -0.05) is 13.8 Å². The van der Waals surface area contributed by atoms with Gasteiger partial charge in [-0.15, -0.1) is 0 Å². The average molecular weight is 229 g/mol. The van der Waals surface area contributed by atoms with Gasteiger partial charge in [-0.2, -0.15) is 0 Å². The van der Waals surface area contributed by atoms with Crippen LogP contribution in [-0.4, -0.2) is 40.6 Å². The molecule has 1 aliphatic rings. The maximum absolute atomic E-state index is 11.8. The van der Waals surface area contributed by atoms with Crippen molar-refractivity contribution in [2.45, 2.75) is 33.2 Å². The molecule has 1 unspecified atom stereocenters. The number of carbonyl (C=O) groups excluding carboxylic acids is 2. The van der Waals surface area contributed by atoms with Crippen molar-refractivity contribution in [3.05, 3.63) is 0 Å². The average Bonchev–Trinajstić information content (AvgIpc) is 2.39. The van der Waals surface area contributed by atoms with E-state index in [1.165, 1.54) is 0 Å². The van der Waals surface area contributed by atoms with Crippen LogP contribution < -0.4 is 0 Å². The van der Waals surface area contributed by atoms with Crippen LogP contribution in [0.25, 0.3) is 0 Å². The molecule has 0 bridgehead atoms. The highest BCUT2D eigenvalue weighted by Gasteiger charge is 2.51. The summed E-state index contributed by atoms with van der Waals surface area (Å²) in [5.74, 6) is -1.69. The van der Waals surface area contributed by atoms with Gasteiger partial charge in [0.25, 0.3) is 0 Å². The van der Waals surface area contributed by atoms with E-state index in [2.05, 4.69) is 4.74 Å². The molecule has 1 heterocycles. The number of carbonyl (C=O) groups is 3. The lowest BCUT2D eigenvalue weighted by atomic mass is 9.90. The van der Waals surface area contributed by atoms with E-state index in [1.54, 1.807) is 20.8 Å². The number of carboxylic acids is 1. The highest BCUT2D eigenvalue weighted by Crippen LogP contribution is 2.35. The van der Waals surface area contributed by atoms with E-state index >= 15 is 0 Å². The molecule has 0 saturated carbocycles. The van der Waals surface area contributed by atoms with Gasteiger partial charge in [0.15, 0.2) is 0 Å². The summed E-state index contributed by atoms with van der Waals surface area (Å²) in [6, 6.07) is -1.12. The standard InChI is InChI=1S/C10H15NO5/c1-4-16-9(15)11-6(7(12)13)5-10(2,3)8(11)14/h6H,4-5H2,1-3H3,(H,12,13). The van der Waals surface area contributed by atoms with Crippen LogP contribution >= 0.6 is 0 Å². The van der Waals surface area contributed by atoms with E-state index < -0.39 is 29.4 Å². The van der Waals surface area contributed by atoms with Gasteiger partial charge in [0, 0.05) is 5.41 Å². The van der Waals surface area contributed by atoms with E-state index in [1.807, 2.05) is 0 Å². The molecule has 1 N–H and O–H groups in total. The van der Waals surface area contributed by atoms with Crippen LogP contribution in [-0.2, 0) is 14.3 Å². The van der Waals surface area contributed by atoms with Crippen molar-refractivity contribution < 1.29 is 24.2 Å². The van der Waals surface area contributed by atoms with Gasteiger partial charge >= 0.3 is 12.1 Å². The number of likely N-dealkylation sites (tertiary alicyclic amines) is 1. The normalized spacial score (nSPS) is 23.3. The minimum absolute atomic E-state index is 0.107. The van der Waals surface area contributed by atoms with Crippen LogP contribution in [0, 0.1) is 5.41 Å². The Labute approximate surface area is 93.2 Å². The lowest BCUT2D eigenvalue weighted by Crippen LogP contribution is -2.44. The number of amides is 2. The molecule has 1 atom stereocenters. The Kier molecular flexibility index (Phi) is 3.21. The van der Waals surface area contributed by atoms with Crippen LogP contribution in [0.2, 0.25) is 0 Å². The van der Waals surface area contributed by atoms with Crippen LogP contribution in [0.4, 0.5) is 4.79 Å². The predicted octanol–water partition coefficient (Wildman–Crippen LogP) is 0.855. The minimum atomic E-state index is -1.19. The van der Waals surface area contributed by atoms with Gasteiger partial charge in [0.2, 0.25) is 5.91 Å². The van der Waals surface area contributed by atoms with Crippen molar-refractivity contribution in [1.29, 1.82) is 0 Å². The van der Waals surface area contributed by atoms with Crippen molar-refractivity contribution in [3.63, 3.8) is 0 Å². The molecule has 1 fully saturated rings. The van der Waals surface area contributed by atoms with Crippen molar-refractivity contribution in [2.24, 2.45) is 5.41 Å². The van der Waals surface area contributed by atoms with Gasteiger partial charge in [-0.05, 0) is 13.3 Å². The summed E-state index contributed by atoms with van der Waals surface area (Å²) in [7, 11) is 0. The summed E-state index contributed by atoms with van der Waals surface area (Å²) in [5, 5.41) is 8.95. The Balaban J connectivity index is 2.98. The van der Waals surface area contributed by atoms with Crippen molar-refractivity contribution in [2.75, 3.05) is 6.61 Å². The van der Waals surface area contributed by atoms with Crippen molar-refractivity contribution >= 4 is 18.0 Å². The largest absolute Gasteiger partial charge is 0.480 e. The molecule has 2 amide bonds. The Hall–Kier alpha value is -1.59. The Morgan fingerprint density at radius 1 is 1.56 bits per heavy atom. The number of nitrogens with zero attached hydrogens (tertiary/aromatic N) is 1. The maximum atomic E-state index is 11.8. The smallest absolute Gasteiger partial charge is 0.417 e. The summed E-state index contributed by atoms with van der Waals surface area (Å²) in [5.41, 5.74) is -0.837. The van der Waals surface area contributed by atoms with Gasteiger partial charge in [-0.3, -0.25) is 4.79 Å². The number of aliphatic carboxylic acids is 1. The van der Waals surface area contributed by atoms with E-state index in [9.17, 15) is 14.4 Å². The molecule has 90 valence electrons. The van der Waals surface area contributed by atoms with Gasteiger partial charge in [0.1, 0.15) is 6.04 Å². The predicted molar refractivity (Wildman–Crippen MR) is 53.7 cm³/mol. The minimum Gasteiger partial charge on any atom is -0.480 e. The highest BCUT2D eigenvalue weighted by atomic mass is 16.6. The molecule has 16 heavy (non-hydrogen) atoms. The molecule has 0 spiro atoms. The molecule has 0 aromatic carbocycles. The maximum Gasteiger partial charge on any atom is 0.417 e. The van der Waals surface area contributed by atoms with Crippen molar-refractivity contribution in [3.8, 4) is 0 Å². The van der Waals surface area contributed by atoms with E-state index in [0.29, 0.717) is 4.90 Å². The molecule has 1 aliphatic heterocycles. The number of hydrogen-bond donors (Lipinski definition) is 1. The summed E-state index contributed by atoms with van der Waals surface area (Å²) in [4.78, 5) is 35.0. The Morgan fingerprint density at radius 2 is 2.12 bits per heavy atom. The second-order valence-corrected chi connectivity index (χ2v) is 4.32. The second-order valence-electron chi connectivity index (χ2n) is 4.32. The molecule has 0 radical (unpaired) electrons. The second kappa shape index (κ2) is 4.11. The summed E-state index contributed by atoms with van der Waals surface area (Å²) >= 11 is 0. The number of carboxylic acid groups (broad SMARTS) is 1. The Bertz CT molecular complexity index is 336. The van der Waals surface area contributed by atoms with Crippen LogP contribution in [0.1, 0.15) is 27.2 Å². The van der Waals surface area contributed by atoms with Crippen LogP contribution in [0.15, 0.2) is 0 Å². The third-order valence-corrected chi connectivity index (χ3v) is 2.56. The van der Waals surface area contributed by atoms with Gasteiger partial charge < -0.3 is 9.84 Å². The fourth-order valence-electron chi connectivity index (χ4n) is 1.73. The summed E-state index contributed by atoms with van der Waals surface area (Å²) in [6.45, 7) is 4.93. The fourth-order valence-corrected chi connectivity index (χ4v) is 1.73. The monoisotopic (exact) mass is 229 g/mol. The number of ether oxygens (including phenoxy) is 1. The van der Waals surface area contributed by atoms with E-state index in [-0.39, 0.29) is 13.0 Å². The third-order valence-electron chi connectivity index (χ3n) is 2.56. The lowest BCUT2D eigenvalue weighted by molar-refractivity contribution is -0.145. The first-order chi connectivity index (χ1) is 7.31. The molecule has 6 heteroatoms. The molecule has 0 aromatic rings. The summed E-state index contributed by atoms with van der Waals surface area (Å²) < 4.78 is 4.67. The topological polar surface area (TPSA) is 83.9 Å². The zero-order chi connectivity index (χ0) is 12.5. The summed E-state index contributed by atoms with van der Waals surface area (Å²) in [6.07, 6.45) is -0.773. The van der Waals surface area contributed by atoms with Crippen molar-refractivity contribution in [1.82, 2.24) is 4.90 Å². The van der Waals surface area contributed by atoms with E-state index in [4.69, 9.17) is 5.11 Å². The third kappa shape index (κ3) is 2.00. The van der Waals surface area contributed by atoms with Crippen LogP contribution in [0.3, 0.4) is 0 Å². The quantitative estimate of drug-likeness (QED) is 0.759. The Morgan fingerprint density at radius 3 is 2.56 bits per heavy atom. The molecule has 6 nitrogen and oxygen atoms in total. The van der Waals surface area contributed by atoms with Gasteiger partial charge in [-0.25, -0.2) is 14.5 Å². The zero-order valence-corrected chi connectivity index (χ0v) is 9.52. The molecule has 0 aliphatic carbocycles. The molecular formula is C10H15NO5. The number of hydrogen-bond acceptors (Lipinski definition) is 4. The van der Waals surface area contributed by atoms with E-state index in [0.717, 1.165) is 0 Å². The molecule has 1 rings (SSSR count). The molecule has 0 aromatic heterocycles. The zero-order valence-electron chi connectivity index (χ0n) is 9.52. The first-order valence-corrected chi connectivity index (χ1v) is 5.04. The van der Waals surface area contributed by atoms with Gasteiger partial charge in [0.05, 0.1) is 6.61 Å². The SMILES string of the molecule is CCOC(=O)N1C(=O)C(C)(C)CC1C(=O)O. The molecular weight excluding hydrogens is 214 g/mol. The first-order valence-electron chi connectivity index (χ1n) is 5.04. The first kappa shape index (κ1) is 12.5. The number of rotatable bonds is 2. The fraction of sp³-hybridized carbons (Fsp3) is 0.700. The highest BCUT2D eigenvalue weighted by molar-refractivity contribution is 6.01. The van der Waals surface area contributed by atoms with Crippen LogP contribution in [0.5, 0.6) is 0 Å². The lowest BCUT2D eigenvalue weighted by Gasteiger charge is -2.19. The number of imide groups is 1.